The van der Waals surface area contributed by atoms with Crippen molar-refractivity contribution in [3.05, 3.63) is 0 Å². The first-order valence-electron chi connectivity index (χ1n) is 9.12. The molecule has 0 radical (unpaired) electrons. The van der Waals surface area contributed by atoms with E-state index in [0.29, 0.717) is 5.41 Å². The van der Waals surface area contributed by atoms with E-state index < -0.39 is 0 Å². The lowest BCUT2D eigenvalue weighted by Crippen LogP contribution is -2.03. The summed E-state index contributed by atoms with van der Waals surface area (Å²) in [6, 6.07) is 0. The molecule has 0 rings (SSSR count). The SMILES string of the molecule is CC(C)(C)CCCCCCCCCCCCCCCBr.N. The molecule has 0 saturated heterocycles. The molecule has 0 atom stereocenters. The summed E-state index contributed by atoms with van der Waals surface area (Å²) < 4.78 is 0. The second-order valence-corrected chi connectivity index (χ2v) is 8.39. The van der Waals surface area contributed by atoms with Crippen LogP contribution in [0.4, 0.5) is 0 Å². The molecule has 1 nitrogen and oxygen atoms in total. The molecule has 0 aliphatic heterocycles. The molecule has 0 spiro atoms. The van der Waals surface area contributed by atoms with E-state index in [-0.39, 0.29) is 6.15 Å². The van der Waals surface area contributed by atoms with Crippen molar-refractivity contribution in [2.75, 3.05) is 5.33 Å². The fourth-order valence-electron chi connectivity index (χ4n) is 2.69. The maximum absolute atomic E-state index is 3.49. The molecule has 0 saturated carbocycles. The van der Waals surface area contributed by atoms with E-state index in [2.05, 4.69) is 36.7 Å². The summed E-state index contributed by atoms with van der Waals surface area (Å²) in [4.78, 5) is 0. The Morgan fingerprint density at radius 1 is 0.524 bits per heavy atom. The highest BCUT2D eigenvalue weighted by Crippen LogP contribution is 2.22. The third kappa shape index (κ3) is 22.9. The van der Waals surface area contributed by atoms with Gasteiger partial charge in [0.25, 0.3) is 0 Å². The normalized spacial score (nSPS) is 11.4. The molecule has 21 heavy (non-hydrogen) atoms. The van der Waals surface area contributed by atoms with E-state index in [4.69, 9.17) is 0 Å². The van der Waals surface area contributed by atoms with E-state index in [9.17, 15) is 0 Å². The van der Waals surface area contributed by atoms with E-state index in [1.165, 1.54) is 95.2 Å². The Kier molecular flexibility index (Phi) is 19.0. The van der Waals surface area contributed by atoms with Gasteiger partial charge in [-0.3, -0.25) is 0 Å². The standard InChI is InChI=1S/C19H39Br.H3N/c1-19(2,3)17-15-13-11-9-7-5-4-6-8-10-12-14-16-18-20;/h4-18H2,1-3H3;1H3. The van der Waals surface area contributed by atoms with Crippen molar-refractivity contribution < 1.29 is 0 Å². The van der Waals surface area contributed by atoms with Gasteiger partial charge in [-0.05, 0) is 18.3 Å². The zero-order valence-electron chi connectivity index (χ0n) is 15.2. The van der Waals surface area contributed by atoms with Crippen molar-refractivity contribution in [1.29, 1.82) is 0 Å². The summed E-state index contributed by atoms with van der Waals surface area (Å²) in [6.45, 7) is 7.06. The number of rotatable bonds is 14. The summed E-state index contributed by atoms with van der Waals surface area (Å²) >= 11 is 3.49. The molecule has 0 bridgehead atoms. The van der Waals surface area contributed by atoms with Gasteiger partial charge in [-0.2, -0.15) is 0 Å². The number of hydrogen-bond donors (Lipinski definition) is 1. The summed E-state index contributed by atoms with van der Waals surface area (Å²) in [6.07, 6.45) is 20.2. The van der Waals surface area contributed by atoms with Crippen molar-refractivity contribution >= 4 is 15.9 Å². The van der Waals surface area contributed by atoms with E-state index in [0.717, 1.165) is 0 Å². The lowest BCUT2D eigenvalue weighted by atomic mass is 9.89. The maximum atomic E-state index is 3.49. The van der Waals surface area contributed by atoms with Gasteiger partial charge in [-0.15, -0.1) is 0 Å². The van der Waals surface area contributed by atoms with Gasteiger partial charge < -0.3 is 6.15 Å². The van der Waals surface area contributed by atoms with Crippen LogP contribution in [0.15, 0.2) is 0 Å². The third-order valence-electron chi connectivity index (χ3n) is 4.06. The van der Waals surface area contributed by atoms with Gasteiger partial charge >= 0.3 is 0 Å². The van der Waals surface area contributed by atoms with Crippen LogP contribution < -0.4 is 6.15 Å². The maximum Gasteiger partial charge on any atom is 0.00313 e. The van der Waals surface area contributed by atoms with E-state index in [1.807, 2.05) is 0 Å². The zero-order valence-corrected chi connectivity index (χ0v) is 16.8. The zero-order chi connectivity index (χ0) is 15.1. The minimum absolute atomic E-state index is 0. The Hall–Kier alpha value is 0.440. The second-order valence-electron chi connectivity index (χ2n) is 7.60. The predicted molar refractivity (Wildman–Crippen MR) is 103 cm³/mol. The van der Waals surface area contributed by atoms with Crippen molar-refractivity contribution in [2.24, 2.45) is 5.41 Å². The van der Waals surface area contributed by atoms with Crippen LogP contribution in [0, 0.1) is 5.41 Å². The molecule has 0 unspecified atom stereocenters. The van der Waals surface area contributed by atoms with Gasteiger partial charge in [-0.25, -0.2) is 0 Å². The molecule has 130 valence electrons. The molecule has 0 heterocycles. The lowest BCUT2D eigenvalue weighted by molar-refractivity contribution is 0.356. The topological polar surface area (TPSA) is 35.0 Å². The van der Waals surface area contributed by atoms with Crippen LogP contribution in [0.5, 0.6) is 0 Å². The molecule has 3 N–H and O–H groups in total. The Morgan fingerprint density at radius 2 is 0.810 bits per heavy atom. The first-order chi connectivity index (χ1) is 9.56. The summed E-state index contributed by atoms with van der Waals surface area (Å²) in [5.74, 6) is 0. The highest BCUT2D eigenvalue weighted by Gasteiger charge is 2.08. The van der Waals surface area contributed by atoms with Crippen LogP contribution >= 0.6 is 15.9 Å². The van der Waals surface area contributed by atoms with Gasteiger partial charge in [0, 0.05) is 5.33 Å². The quantitative estimate of drug-likeness (QED) is 0.245. The number of hydrogen-bond acceptors (Lipinski definition) is 1. The van der Waals surface area contributed by atoms with E-state index >= 15 is 0 Å². The highest BCUT2D eigenvalue weighted by atomic mass is 79.9. The highest BCUT2D eigenvalue weighted by molar-refractivity contribution is 9.09. The average Bonchev–Trinajstić information content (AvgIpc) is 2.38. The largest absolute Gasteiger partial charge is 0.344 e. The van der Waals surface area contributed by atoms with Crippen molar-refractivity contribution in [3.8, 4) is 0 Å². The van der Waals surface area contributed by atoms with Crippen LogP contribution in [0.25, 0.3) is 0 Å². The molecular formula is C19H42BrN. The monoisotopic (exact) mass is 363 g/mol. The minimum atomic E-state index is 0. The number of unbranched alkanes of at least 4 members (excludes halogenated alkanes) is 12. The Balaban J connectivity index is 0. The van der Waals surface area contributed by atoms with Gasteiger partial charge in [0.15, 0.2) is 0 Å². The first-order valence-corrected chi connectivity index (χ1v) is 10.2. The fraction of sp³-hybridized carbons (Fsp3) is 1.00. The first kappa shape index (κ1) is 23.7. The second kappa shape index (κ2) is 16.8. The molecule has 0 aromatic rings. The number of halogens is 1. The third-order valence-corrected chi connectivity index (χ3v) is 4.62. The van der Waals surface area contributed by atoms with Gasteiger partial charge in [0.1, 0.15) is 0 Å². The van der Waals surface area contributed by atoms with Crippen LogP contribution in [0.2, 0.25) is 0 Å². The molecule has 0 aliphatic rings. The van der Waals surface area contributed by atoms with Crippen LogP contribution in [-0.2, 0) is 0 Å². The average molecular weight is 364 g/mol. The summed E-state index contributed by atoms with van der Waals surface area (Å²) in [5.41, 5.74) is 0.536. The van der Waals surface area contributed by atoms with Crippen LogP contribution in [0.1, 0.15) is 111 Å². The van der Waals surface area contributed by atoms with Crippen molar-refractivity contribution in [1.82, 2.24) is 6.15 Å². The predicted octanol–water partition coefficient (Wildman–Crippen LogP) is 8.05. The van der Waals surface area contributed by atoms with E-state index in [1.54, 1.807) is 0 Å². The van der Waals surface area contributed by atoms with Gasteiger partial charge in [0.2, 0.25) is 0 Å². The molecule has 0 fully saturated rings. The summed E-state index contributed by atoms with van der Waals surface area (Å²) in [5, 5.41) is 1.18. The van der Waals surface area contributed by atoms with Gasteiger partial charge in [0.05, 0.1) is 0 Å². The Labute approximate surface area is 143 Å². The smallest absolute Gasteiger partial charge is 0.00313 e. The minimum Gasteiger partial charge on any atom is -0.344 e. The lowest BCUT2D eigenvalue weighted by Gasteiger charge is -2.17. The van der Waals surface area contributed by atoms with Gasteiger partial charge in [-0.1, -0.05) is 114 Å². The fourth-order valence-corrected chi connectivity index (χ4v) is 3.09. The van der Waals surface area contributed by atoms with Crippen LogP contribution in [0.3, 0.4) is 0 Å². The molecular weight excluding hydrogens is 322 g/mol. The summed E-state index contributed by atoms with van der Waals surface area (Å²) in [7, 11) is 0. The van der Waals surface area contributed by atoms with Crippen molar-refractivity contribution in [3.63, 3.8) is 0 Å². The Morgan fingerprint density at radius 3 is 1.10 bits per heavy atom. The molecule has 0 aromatic heterocycles. The molecule has 0 aromatic carbocycles. The van der Waals surface area contributed by atoms with Crippen molar-refractivity contribution in [2.45, 2.75) is 111 Å². The van der Waals surface area contributed by atoms with Crippen LogP contribution in [-0.4, -0.2) is 5.33 Å². The molecule has 2 heteroatoms. The Bertz CT molecular complexity index is 186. The number of alkyl halides is 1. The molecule has 0 aliphatic carbocycles. The molecule has 0 amide bonds.